The number of imidazole rings is 1. The number of aryl methyl sites for hydroxylation is 1. The summed E-state index contributed by atoms with van der Waals surface area (Å²) in [6.07, 6.45) is 11.7. The first-order valence-corrected chi connectivity index (χ1v) is 7.84. The van der Waals surface area contributed by atoms with Crippen molar-refractivity contribution >= 4 is 11.7 Å². The van der Waals surface area contributed by atoms with Gasteiger partial charge in [-0.25, -0.2) is 15.0 Å². The van der Waals surface area contributed by atoms with Gasteiger partial charge in [-0.2, -0.15) is 0 Å². The number of aromatic nitrogens is 4. The zero-order valence-corrected chi connectivity index (χ0v) is 12.8. The summed E-state index contributed by atoms with van der Waals surface area (Å²) in [6, 6.07) is 1.77. The summed E-state index contributed by atoms with van der Waals surface area (Å²) in [5.74, 6) is 2.84. The van der Waals surface area contributed by atoms with Gasteiger partial charge in [0.25, 0.3) is 0 Å². The highest BCUT2D eigenvalue weighted by Crippen LogP contribution is 2.28. The molecule has 0 bridgehead atoms. The Morgan fingerprint density at radius 2 is 2.14 bits per heavy atom. The van der Waals surface area contributed by atoms with Crippen molar-refractivity contribution in [3.05, 3.63) is 30.6 Å². The summed E-state index contributed by atoms with van der Waals surface area (Å²) in [5.41, 5.74) is 0. The Morgan fingerprint density at radius 1 is 1.32 bits per heavy atom. The molecule has 0 aliphatic heterocycles. The van der Waals surface area contributed by atoms with Crippen molar-refractivity contribution in [3.8, 4) is 5.82 Å². The molecule has 2 aromatic rings. The molecule has 1 aliphatic carbocycles. The van der Waals surface area contributed by atoms with Gasteiger partial charge in [0.2, 0.25) is 5.91 Å². The summed E-state index contributed by atoms with van der Waals surface area (Å²) >= 11 is 0. The first-order chi connectivity index (χ1) is 10.7. The molecular formula is C16H21N5O. The molecule has 0 unspecified atom stereocenters. The van der Waals surface area contributed by atoms with Crippen LogP contribution >= 0.6 is 0 Å². The first-order valence-electron chi connectivity index (χ1n) is 7.84. The van der Waals surface area contributed by atoms with Gasteiger partial charge in [0, 0.05) is 24.9 Å². The molecule has 0 radical (unpaired) electrons. The Bertz CT molecular complexity index is 645. The van der Waals surface area contributed by atoms with E-state index < -0.39 is 0 Å². The molecule has 1 saturated carbocycles. The predicted molar refractivity (Wildman–Crippen MR) is 83.7 cm³/mol. The van der Waals surface area contributed by atoms with E-state index in [9.17, 15) is 4.79 Å². The van der Waals surface area contributed by atoms with Crippen molar-refractivity contribution in [3.63, 3.8) is 0 Å². The van der Waals surface area contributed by atoms with Gasteiger partial charge in [0.1, 0.15) is 23.8 Å². The highest BCUT2D eigenvalue weighted by atomic mass is 16.1. The van der Waals surface area contributed by atoms with E-state index in [2.05, 4.69) is 20.3 Å². The SMILES string of the molecule is Cc1nccn1-c1cc(NC(=O)CCC2CCCC2)ncn1. The van der Waals surface area contributed by atoms with Crippen molar-refractivity contribution in [1.29, 1.82) is 0 Å². The Hall–Kier alpha value is -2.24. The average Bonchev–Trinajstić information content (AvgIpc) is 3.16. The standard InChI is InChI=1S/C16H21N5O/c1-12-17-8-9-21(12)15-10-14(18-11-19-15)20-16(22)7-6-13-4-2-3-5-13/h8-11,13H,2-7H2,1H3,(H,18,19,20,22). The lowest BCUT2D eigenvalue weighted by Crippen LogP contribution is -2.14. The molecule has 116 valence electrons. The molecule has 6 nitrogen and oxygen atoms in total. The van der Waals surface area contributed by atoms with Crippen LogP contribution in [0.2, 0.25) is 0 Å². The smallest absolute Gasteiger partial charge is 0.225 e. The monoisotopic (exact) mass is 299 g/mol. The summed E-state index contributed by atoms with van der Waals surface area (Å²) in [5, 5.41) is 2.86. The minimum Gasteiger partial charge on any atom is -0.311 e. The zero-order chi connectivity index (χ0) is 15.4. The van der Waals surface area contributed by atoms with E-state index in [0.29, 0.717) is 18.1 Å². The van der Waals surface area contributed by atoms with Crippen molar-refractivity contribution < 1.29 is 4.79 Å². The van der Waals surface area contributed by atoms with Crippen molar-refractivity contribution in [2.45, 2.75) is 45.4 Å². The van der Waals surface area contributed by atoms with E-state index in [-0.39, 0.29) is 5.91 Å². The summed E-state index contributed by atoms with van der Waals surface area (Å²) in [7, 11) is 0. The molecule has 2 heterocycles. The van der Waals surface area contributed by atoms with E-state index in [1.54, 1.807) is 12.3 Å². The number of nitrogens with one attached hydrogen (secondary N) is 1. The number of amides is 1. The number of hydrogen-bond acceptors (Lipinski definition) is 4. The maximum absolute atomic E-state index is 12.0. The Morgan fingerprint density at radius 3 is 2.86 bits per heavy atom. The van der Waals surface area contributed by atoms with Crippen LogP contribution in [0, 0.1) is 12.8 Å². The molecule has 2 aromatic heterocycles. The fourth-order valence-corrected chi connectivity index (χ4v) is 3.01. The highest BCUT2D eigenvalue weighted by molar-refractivity contribution is 5.89. The van der Waals surface area contributed by atoms with Crippen LogP contribution in [-0.4, -0.2) is 25.4 Å². The van der Waals surface area contributed by atoms with Crippen LogP contribution in [0.5, 0.6) is 0 Å². The van der Waals surface area contributed by atoms with Crippen LogP contribution in [0.15, 0.2) is 24.8 Å². The van der Waals surface area contributed by atoms with Crippen molar-refractivity contribution in [2.75, 3.05) is 5.32 Å². The van der Waals surface area contributed by atoms with Gasteiger partial charge in [-0.05, 0) is 19.3 Å². The van der Waals surface area contributed by atoms with E-state index in [0.717, 1.165) is 18.2 Å². The second-order valence-electron chi connectivity index (χ2n) is 5.84. The largest absolute Gasteiger partial charge is 0.311 e. The van der Waals surface area contributed by atoms with Gasteiger partial charge in [0.05, 0.1) is 0 Å². The lowest BCUT2D eigenvalue weighted by molar-refractivity contribution is -0.116. The normalized spacial score (nSPS) is 15.1. The number of hydrogen-bond donors (Lipinski definition) is 1. The van der Waals surface area contributed by atoms with Gasteiger partial charge in [-0.15, -0.1) is 0 Å². The number of nitrogens with zero attached hydrogens (tertiary/aromatic N) is 4. The predicted octanol–water partition coefficient (Wildman–Crippen LogP) is 2.88. The maximum Gasteiger partial charge on any atom is 0.225 e. The fraction of sp³-hybridized carbons (Fsp3) is 0.500. The number of anilines is 1. The zero-order valence-electron chi connectivity index (χ0n) is 12.8. The van der Waals surface area contributed by atoms with Crippen LogP contribution < -0.4 is 5.32 Å². The third kappa shape index (κ3) is 3.50. The number of carbonyl (C=O) groups is 1. The molecule has 1 fully saturated rings. The fourth-order valence-electron chi connectivity index (χ4n) is 3.01. The van der Waals surface area contributed by atoms with E-state index in [1.165, 1.54) is 32.0 Å². The third-order valence-electron chi connectivity index (χ3n) is 4.25. The van der Waals surface area contributed by atoms with Crippen LogP contribution in [0.3, 0.4) is 0 Å². The summed E-state index contributed by atoms with van der Waals surface area (Å²) in [4.78, 5) is 24.6. The summed E-state index contributed by atoms with van der Waals surface area (Å²) in [6.45, 7) is 1.90. The quantitative estimate of drug-likeness (QED) is 0.921. The van der Waals surface area contributed by atoms with Gasteiger partial charge in [-0.1, -0.05) is 25.7 Å². The minimum absolute atomic E-state index is 0.0268. The van der Waals surface area contributed by atoms with E-state index >= 15 is 0 Å². The molecular weight excluding hydrogens is 278 g/mol. The minimum atomic E-state index is 0.0268. The Labute approximate surface area is 130 Å². The Kier molecular flexibility index (Phi) is 4.46. The molecule has 1 aliphatic rings. The van der Waals surface area contributed by atoms with Crippen molar-refractivity contribution in [2.24, 2.45) is 5.92 Å². The Balaban J connectivity index is 1.60. The van der Waals surface area contributed by atoms with E-state index in [4.69, 9.17) is 0 Å². The lowest BCUT2D eigenvalue weighted by Gasteiger charge is -2.09. The molecule has 0 aromatic carbocycles. The average molecular weight is 299 g/mol. The third-order valence-corrected chi connectivity index (χ3v) is 4.25. The van der Waals surface area contributed by atoms with Gasteiger partial charge >= 0.3 is 0 Å². The summed E-state index contributed by atoms with van der Waals surface area (Å²) < 4.78 is 1.86. The van der Waals surface area contributed by atoms with Crippen LogP contribution in [0.25, 0.3) is 5.82 Å². The highest BCUT2D eigenvalue weighted by Gasteiger charge is 2.16. The molecule has 3 rings (SSSR count). The van der Waals surface area contributed by atoms with Gasteiger partial charge in [0.15, 0.2) is 0 Å². The first kappa shape index (κ1) is 14.7. The topological polar surface area (TPSA) is 72.7 Å². The molecule has 6 heteroatoms. The lowest BCUT2D eigenvalue weighted by atomic mass is 10.0. The van der Waals surface area contributed by atoms with Crippen LogP contribution in [0.4, 0.5) is 5.82 Å². The second kappa shape index (κ2) is 6.68. The van der Waals surface area contributed by atoms with Crippen molar-refractivity contribution in [1.82, 2.24) is 19.5 Å². The second-order valence-corrected chi connectivity index (χ2v) is 5.84. The molecule has 0 saturated heterocycles. The van der Waals surface area contributed by atoms with Crippen LogP contribution in [0.1, 0.15) is 44.3 Å². The molecule has 0 spiro atoms. The number of carbonyl (C=O) groups excluding carboxylic acids is 1. The molecule has 0 atom stereocenters. The molecule has 1 amide bonds. The van der Waals surface area contributed by atoms with Gasteiger partial charge < -0.3 is 5.32 Å². The number of rotatable bonds is 5. The molecule has 1 N–H and O–H groups in total. The maximum atomic E-state index is 12.0. The van der Waals surface area contributed by atoms with Crippen LogP contribution in [-0.2, 0) is 4.79 Å². The van der Waals surface area contributed by atoms with Gasteiger partial charge in [-0.3, -0.25) is 9.36 Å². The molecule has 22 heavy (non-hydrogen) atoms. The van der Waals surface area contributed by atoms with E-state index in [1.807, 2.05) is 17.7 Å².